The van der Waals surface area contributed by atoms with Crippen LogP contribution in [-0.2, 0) is 11.3 Å². The number of nitrogens with zero attached hydrogens (tertiary/aromatic N) is 4. The quantitative estimate of drug-likeness (QED) is 0.368. The maximum Gasteiger partial charge on any atom is 0.410 e. The van der Waals surface area contributed by atoms with E-state index in [4.69, 9.17) is 10.5 Å². The van der Waals surface area contributed by atoms with Gasteiger partial charge in [-0.05, 0) is 32.9 Å². The summed E-state index contributed by atoms with van der Waals surface area (Å²) in [6.07, 6.45) is -0.304. The zero-order chi connectivity index (χ0) is 20.3. The number of carbonyl (C=O) groups excluding carboxylic acids is 1. The number of hydrogen-bond donors (Lipinski definition) is 2. The van der Waals surface area contributed by atoms with E-state index >= 15 is 0 Å². The van der Waals surface area contributed by atoms with Crippen LogP contribution in [0, 0.1) is 0 Å². The second-order valence-electron chi connectivity index (χ2n) is 7.79. The minimum Gasteiger partial charge on any atom is -0.444 e. The van der Waals surface area contributed by atoms with Crippen molar-refractivity contribution < 1.29 is 9.53 Å². The zero-order valence-electron chi connectivity index (χ0n) is 17.1. The van der Waals surface area contributed by atoms with E-state index < -0.39 is 5.60 Å². The van der Waals surface area contributed by atoms with Crippen LogP contribution in [0.5, 0.6) is 0 Å². The Hall–Kier alpha value is -2.24. The molecular formula is C19H29IN6O3. The van der Waals surface area contributed by atoms with E-state index in [9.17, 15) is 9.59 Å². The first kappa shape index (κ1) is 23.0. The topological polar surface area (TPSA) is 109 Å². The number of benzene rings is 1. The molecule has 1 aliphatic heterocycles. The van der Waals surface area contributed by atoms with E-state index in [0.717, 1.165) is 11.0 Å². The number of carbonyl (C=O) groups is 1. The third-order valence-electron chi connectivity index (χ3n) is 4.53. The Balaban J connectivity index is 0.00000300. The highest BCUT2D eigenvalue weighted by Crippen LogP contribution is 2.12. The molecule has 1 aromatic carbocycles. The fraction of sp³-hybridized carbons (Fsp3) is 0.526. The van der Waals surface area contributed by atoms with Gasteiger partial charge in [-0.15, -0.1) is 24.0 Å². The molecule has 0 saturated carbocycles. The lowest BCUT2D eigenvalue weighted by molar-refractivity contribution is 0.0186. The molecule has 10 heteroatoms. The molecule has 0 atom stereocenters. The predicted molar refractivity (Wildman–Crippen MR) is 124 cm³/mol. The lowest BCUT2D eigenvalue weighted by Gasteiger charge is -2.36. The first-order chi connectivity index (χ1) is 13.2. The minimum absolute atomic E-state index is 0. The van der Waals surface area contributed by atoms with Gasteiger partial charge < -0.3 is 25.3 Å². The van der Waals surface area contributed by atoms with E-state index in [2.05, 4.69) is 9.98 Å². The lowest BCUT2D eigenvalue weighted by Crippen LogP contribution is -2.53. The Kier molecular flexibility index (Phi) is 7.55. The molecule has 0 bridgehead atoms. The number of hydrogen-bond acceptors (Lipinski definition) is 4. The number of amides is 1. The van der Waals surface area contributed by atoms with E-state index in [1.807, 2.05) is 49.9 Å². The molecule has 1 fully saturated rings. The van der Waals surface area contributed by atoms with Crippen LogP contribution in [-0.4, -0.2) is 69.7 Å². The Bertz CT molecular complexity index is 922. The summed E-state index contributed by atoms with van der Waals surface area (Å²) in [7, 11) is 0. The van der Waals surface area contributed by atoms with Crippen molar-refractivity contribution in [2.24, 2.45) is 10.7 Å². The van der Waals surface area contributed by atoms with Crippen LogP contribution in [0.4, 0.5) is 4.79 Å². The number of imidazole rings is 1. The molecule has 0 spiro atoms. The molecule has 29 heavy (non-hydrogen) atoms. The molecule has 2 heterocycles. The summed E-state index contributed by atoms with van der Waals surface area (Å²) in [6, 6.07) is 7.55. The number of nitrogens with two attached hydrogens (primary N) is 1. The van der Waals surface area contributed by atoms with E-state index in [0.29, 0.717) is 45.2 Å². The van der Waals surface area contributed by atoms with E-state index in [1.165, 1.54) is 0 Å². The Labute approximate surface area is 186 Å². The molecule has 0 unspecified atom stereocenters. The third-order valence-corrected chi connectivity index (χ3v) is 4.53. The number of H-pyrrole nitrogens is 1. The highest BCUT2D eigenvalue weighted by molar-refractivity contribution is 14.0. The van der Waals surface area contributed by atoms with Crippen molar-refractivity contribution in [3.05, 3.63) is 34.7 Å². The molecule has 0 aliphatic carbocycles. The summed E-state index contributed by atoms with van der Waals surface area (Å²) in [4.78, 5) is 35.1. The number of ether oxygens (including phenoxy) is 1. The first-order valence-electron chi connectivity index (χ1n) is 9.45. The molecule has 0 radical (unpaired) electrons. The van der Waals surface area contributed by atoms with Gasteiger partial charge >= 0.3 is 11.8 Å². The normalized spacial score (nSPS) is 15.3. The summed E-state index contributed by atoms with van der Waals surface area (Å²) in [5.41, 5.74) is 7.11. The molecule has 2 aromatic rings. The smallest absolute Gasteiger partial charge is 0.410 e. The Morgan fingerprint density at radius 3 is 2.45 bits per heavy atom. The number of nitrogens with one attached hydrogen (secondary N) is 1. The minimum atomic E-state index is -0.505. The van der Waals surface area contributed by atoms with Crippen LogP contribution >= 0.6 is 24.0 Å². The van der Waals surface area contributed by atoms with Crippen LogP contribution in [0.2, 0.25) is 0 Å². The second kappa shape index (κ2) is 9.51. The number of piperazine rings is 1. The van der Waals surface area contributed by atoms with Crippen LogP contribution in [0.15, 0.2) is 34.1 Å². The summed E-state index contributed by atoms with van der Waals surface area (Å²) in [6.45, 7) is 8.67. The average molecular weight is 516 g/mol. The molecule has 1 aliphatic rings. The fourth-order valence-corrected chi connectivity index (χ4v) is 3.14. The highest BCUT2D eigenvalue weighted by Gasteiger charge is 2.26. The van der Waals surface area contributed by atoms with E-state index in [-0.39, 0.29) is 35.8 Å². The van der Waals surface area contributed by atoms with Gasteiger partial charge in [-0.1, -0.05) is 12.1 Å². The molecule has 9 nitrogen and oxygen atoms in total. The van der Waals surface area contributed by atoms with Gasteiger partial charge in [-0.3, -0.25) is 9.56 Å². The van der Waals surface area contributed by atoms with Gasteiger partial charge in [-0.2, -0.15) is 0 Å². The van der Waals surface area contributed by atoms with Gasteiger partial charge in [0.2, 0.25) is 0 Å². The van der Waals surface area contributed by atoms with Crippen LogP contribution in [0.25, 0.3) is 11.0 Å². The number of halogens is 1. The Morgan fingerprint density at radius 1 is 1.17 bits per heavy atom. The molecule has 3 N–H and O–H groups in total. The summed E-state index contributed by atoms with van der Waals surface area (Å²) >= 11 is 0. The number of rotatable bonds is 3. The van der Waals surface area contributed by atoms with Crippen molar-refractivity contribution >= 4 is 47.1 Å². The zero-order valence-corrected chi connectivity index (χ0v) is 19.4. The standard InChI is InChI=1S/C19H28N6O3.HI/c1-19(2,3)28-18(27)24-12-10-23(11-13-24)16(20)21-8-9-25-15-7-5-4-6-14(15)22-17(25)26;/h4-7H,8-13H2,1-3H3,(H2,20,21)(H,22,26);1H. The van der Waals surface area contributed by atoms with Crippen molar-refractivity contribution in [1.82, 2.24) is 19.4 Å². The van der Waals surface area contributed by atoms with Crippen molar-refractivity contribution in [3.8, 4) is 0 Å². The monoisotopic (exact) mass is 516 g/mol. The molecule has 160 valence electrons. The predicted octanol–water partition coefficient (Wildman–Crippen LogP) is 1.82. The van der Waals surface area contributed by atoms with Crippen LogP contribution in [0.1, 0.15) is 20.8 Å². The van der Waals surface area contributed by atoms with Gasteiger partial charge in [-0.25, -0.2) is 9.59 Å². The second-order valence-corrected chi connectivity index (χ2v) is 7.79. The largest absolute Gasteiger partial charge is 0.444 e. The highest BCUT2D eigenvalue weighted by atomic mass is 127. The van der Waals surface area contributed by atoms with Gasteiger partial charge in [0, 0.05) is 32.7 Å². The summed E-state index contributed by atoms with van der Waals surface area (Å²) in [5, 5.41) is 0. The number of aromatic amines is 1. The van der Waals surface area contributed by atoms with Gasteiger partial charge in [0.1, 0.15) is 5.60 Å². The molecule has 1 amide bonds. The number of aromatic nitrogens is 2. The van der Waals surface area contributed by atoms with Gasteiger partial charge in [0.25, 0.3) is 0 Å². The van der Waals surface area contributed by atoms with Crippen LogP contribution < -0.4 is 11.4 Å². The van der Waals surface area contributed by atoms with Crippen molar-refractivity contribution in [2.45, 2.75) is 32.9 Å². The van der Waals surface area contributed by atoms with E-state index in [1.54, 1.807) is 9.47 Å². The van der Waals surface area contributed by atoms with Crippen LogP contribution in [0.3, 0.4) is 0 Å². The summed E-state index contributed by atoms with van der Waals surface area (Å²) < 4.78 is 7.06. The molecular weight excluding hydrogens is 487 g/mol. The first-order valence-corrected chi connectivity index (χ1v) is 9.45. The van der Waals surface area contributed by atoms with Crippen molar-refractivity contribution in [1.29, 1.82) is 0 Å². The third kappa shape index (κ3) is 5.87. The Morgan fingerprint density at radius 2 is 1.79 bits per heavy atom. The maximum absolute atomic E-state index is 12.1. The van der Waals surface area contributed by atoms with Gasteiger partial charge in [0.05, 0.1) is 17.6 Å². The number of para-hydroxylation sites is 2. The molecule has 1 saturated heterocycles. The van der Waals surface area contributed by atoms with Gasteiger partial charge in [0.15, 0.2) is 5.96 Å². The SMILES string of the molecule is CC(C)(C)OC(=O)N1CCN(C(N)=NCCn2c(=O)[nH]c3ccccc32)CC1.I. The number of aliphatic imine (C=N–C) groups is 1. The number of guanidine groups is 1. The van der Waals surface area contributed by atoms with Crippen molar-refractivity contribution in [2.75, 3.05) is 32.7 Å². The van der Waals surface area contributed by atoms with Crippen molar-refractivity contribution in [3.63, 3.8) is 0 Å². The summed E-state index contributed by atoms with van der Waals surface area (Å²) in [5.74, 6) is 0.428. The molecule has 1 aromatic heterocycles. The fourth-order valence-electron chi connectivity index (χ4n) is 3.14. The molecule has 3 rings (SSSR count). The maximum atomic E-state index is 12.1. The lowest BCUT2D eigenvalue weighted by atomic mass is 10.2. The average Bonchev–Trinajstić information content (AvgIpc) is 2.96. The number of fused-ring (bicyclic) bond motifs is 1.